The highest BCUT2D eigenvalue weighted by Gasteiger charge is 2.29. The van der Waals surface area contributed by atoms with E-state index in [-0.39, 0.29) is 10.8 Å². The minimum Gasteiger partial charge on any atom is -0.317 e. The molecule has 1 atom stereocenters. The van der Waals surface area contributed by atoms with Crippen LogP contribution in [0.1, 0.15) is 24.8 Å². The van der Waals surface area contributed by atoms with Gasteiger partial charge in [-0.05, 0) is 50.3 Å². The van der Waals surface area contributed by atoms with Crippen molar-refractivity contribution >= 4 is 11.6 Å². The number of halogens is 2. The van der Waals surface area contributed by atoms with Crippen molar-refractivity contribution in [3.05, 3.63) is 34.6 Å². The summed E-state index contributed by atoms with van der Waals surface area (Å²) in [6, 6.07) is 5.59. The van der Waals surface area contributed by atoms with Crippen LogP contribution in [0.15, 0.2) is 18.2 Å². The summed E-state index contributed by atoms with van der Waals surface area (Å²) in [6.07, 6.45) is 4.52. The van der Waals surface area contributed by atoms with Gasteiger partial charge < -0.3 is 5.32 Å². The first-order valence-electron chi connectivity index (χ1n) is 5.82. The predicted octanol–water partition coefficient (Wildman–Crippen LogP) is 3.41. The van der Waals surface area contributed by atoms with E-state index in [1.807, 2.05) is 13.1 Å². The molecule has 1 aromatic carbocycles. The molecule has 2 rings (SSSR count). The summed E-state index contributed by atoms with van der Waals surface area (Å²) in [6.45, 7) is 0. The molecule has 1 aliphatic carbocycles. The van der Waals surface area contributed by atoms with Crippen LogP contribution in [0.3, 0.4) is 0 Å². The molecule has 1 aromatic rings. The zero-order chi connectivity index (χ0) is 11.5. The molecule has 0 saturated heterocycles. The van der Waals surface area contributed by atoms with Crippen LogP contribution >= 0.6 is 11.6 Å². The van der Waals surface area contributed by atoms with Gasteiger partial charge in [0.15, 0.2) is 0 Å². The number of hydrogen-bond acceptors (Lipinski definition) is 1. The van der Waals surface area contributed by atoms with Gasteiger partial charge in [0.05, 0.1) is 5.02 Å². The molecule has 0 aromatic heterocycles. The van der Waals surface area contributed by atoms with E-state index in [0.717, 1.165) is 24.3 Å². The number of rotatable bonds is 5. The van der Waals surface area contributed by atoms with E-state index in [0.29, 0.717) is 6.04 Å². The first-order valence-corrected chi connectivity index (χ1v) is 6.20. The standard InChI is InChI=1S/C13H17ClFN/c1-16-12(9-5-6-9)8-7-10-3-2-4-11(15)13(10)14/h2-4,9,12,16H,5-8H2,1H3. The highest BCUT2D eigenvalue weighted by molar-refractivity contribution is 6.31. The zero-order valence-corrected chi connectivity index (χ0v) is 10.2. The van der Waals surface area contributed by atoms with Gasteiger partial charge in [-0.3, -0.25) is 0 Å². The van der Waals surface area contributed by atoms with E-state index in [1.54, 1.807) is 6.07 Å². The van der Waals surface area contributed by atoms with Crippen LogP contribution in [0.4, 0.5) is 4.39 Å². The highest BCUT2D eigenvalue weighted by Crippen LogP contribution is 2.34. The lowest BCUT2D eigenvalue weighted by Gasteiger charge is -2.15. The second kappa shape index (κ2) is 5.15. The molecule has 0 heterocycles. The Labute approximate surface area is 101 Å². The molecule has 1 fully saturated rings. The smallest absolute Gasteiger partial charge is 0.142 e. The second-order valence-corrected chi connectivity index (χ2v) is 4.86. The van der Waals surface area contributed by atoms with Gasteiger partial charge in [-0.2, -0.15) is 0 Å². The highest BCUT2D eigenvalue weighted by atomic mass is 35.5. The minimum atomic E-state index is -0.313. The van der Waals surface area contributed by atoms with E-state index in [2.05, 4.69) is 5.32 Å². The topological polar surface area (TPSA) is 12.0 Å². The lowest BCUT2D eigenvalue weighted by atomic mass is 10.0. The third-order valence-corrected chi connectivity index (χ3v) is 3.74. The molecule has 16 heavy (non-hydrogen) atoms. The first kappa shape index (κ1) is 11.9. The summed E-state index contributed by atoms with van der Waals surface area (Å²) in [5.74, 6) is 0.504. The number of nitrogens with one attached hydrogen (secondary N) is 1. The van der Waals surface area contributed by atoms with Crippen molar-refractivity contribution in [2.24, 2.45) is 5.92 Å². The fourth-order valence-corrected chi connectivity index (χ4v) is 2.39. The fourth-order valence-electron chi connectivity index (χ4n) is 2.17. The largest absolute Gasteiger partial charge is 0.317 e. The molecule has 0 aliphatic heterocycles. The number of aryl methyl sites for hydroxylation is 1. The summed E-state index contributed by atoms with van der Waals surface area (Å²) in [5, 5.41) is 3.62. The molecule has 1 aliphatic rings. The van der Waals surface area contributed by atoms with Crippen molar-refractivity contribution < 1.29 is 4.39 Å². The van der Waals surface area contributed by atoms with E-state index >= 15 is 0 Å². The van der Waals surface area contributed by atoms with E-state index in [9.17, 15) is 4.39 Å². The maximum absolute atomic E-state index is 13.2. The van der Waals surface area contributed by atoms with E-state index in [1.165, 1.54) is 18.9 Å². The second-order valence-electron chi connectivity index (χ2n) is 4.48. The quantitative estimate of drug-likeness (QED) is 0.833. The molecule has 1 saturated carbocycles. The Morgan fingerprint density at radius 2 is 2.25 bits per heavy atom. The molecule has 0 radical (unpaired) electrons. The minimum absolute atomic E-state index is 0.285. The number of benzene rings is 1. The molecule has 1 N–H and O–H groups in total. The molecule has 0 amide bonds. The molecule has 0 bridgehead atoms. The normalized spacial score (nSPS) is 17.4. The molecule has 88 valence electrons. The predicted molar refractivity (Wildman–Crippen MR) is 65.3 cm³/mol. The molecule has 1 unspecified atom stereocenters. The molecule has 3 heteroatoms. The maximum Gasteiger partial charge on any atom is 0.142 e. The van der Waals surface area contributed by atoms with Crippen molar-refractivity contribution in [1.29, 1.82) is 0 Å². The van der Waals surface area contributed by atoms with Crippen LogP contribution in [-0.2, 0) is 6.42 Å². The van der Waals surface area contributed by atoms with Gasteiger partial charge >= 0.3 is 0 Å². The molecule has 1 nitrogen and oxygen atoms in total. The van der Waals surface area contributed by atoms with Gasteiger partial charge in [0.2, 0.25) is 0 Å². The Bertz CT molecular complexity index is 363. The van der Waals surface area contributed by atoms with Crippen LogP contribution in [0, 0.1) is 11.7 Å². The average Bonchev–Trinajstić information content (AvgIpc) is 3.09. The van der Waals surface area contributed by atoms with Crippen molar-refractivity contribution in [1.82, 2.24) is 5.32 Å². The Balaban J connectivity index is 1.95. The third-order valence-electron chi connectivity index (χ3n) is 3.32. The summed E-state index contributed by atoms with van der Waals surface area (Å²) in [4.78, 5) is 0. The fraction of sp³-hybridized carbons (Fsp3) is 0.538. The van der Waals surface area contributed by atoms with Crippen LogP contribution in [0.25, 0.3) is 0 Å². The SMILES string of the molecule is CNC(CCc1cccc(F)c1Cl)C1CC1. The van der Waals surface area contributed by atoms with Crippen LogP contribution in [0.2, 0.25) is 5.02 Å². The van der Waals surface area contributed by atoms with Gasteiger partial charge in [-0.25, -0.2) is 4.39 Å². The average molecular weight is 242 g/mol. The lowest BCUT2D eigenvalue weighted by molar-refractivity contribution is 0.470. The van der Waals surface area contributed by atoms with Crippen molar-refractivity contribution in [2.75, 3.05) is 7.05 Å². The molecular weight excluding hydrogens is 225 g/mol. The van der Waals surface area contributed by atoms with Gasteiger partial charge in [0, 0.05) is 6.04 Å². The Morgan fingerprint density at radius 3 is 2.88 bits per heavy atom. The van der Waals surface area contributed by atoms with Gasteiger partial charge in [-0.15, -0.1) is 0 Å². The van der Waals surface area contributed by atoms with Crippen molar-refractivity contribution in [2.45, 2.75) is 31.7 Å². The van der Waals surface area contributed by atoms with Gasteiger partial charge in [0.1, 0.15) is 5.82 Å². The summed E-state index contributed by atoms with van der Waals surface area (Å²) in [5.41, 5.74) is 0.919. The molecular formula is C13H17ClFN. The summed E-state index contributed by atoms with van der Waals surface area (Å²) < 4.78 is 13.2. The van der Waals surface area contributed by atoms with Gasteiger partial charge in [-0.1, -0.05) is 23.7 Å². The van der Waals surface area contributed by atoms with E-state index in [4.69, 9.17) is 11.6 Å². The van der Waals surface area contributed by atoms with E-state index < -0.39 is 0 Å². The summed E-state index contributed by atoms with van der Waals surface area (Å²) in [7, 11) is 2.00. The molecule has 0 spiro atoms. The maximum atomic E-state index is 13.2. The Kier molecular flexibility index (Phi) is 3.82. The van der Waals surface area contributed by atoms with Crippen LogP contribution in [0.5, 0.6) is 0 Å². The zero-order valence-electron chi connectivity index (χ0n) is 9.47. The Hall–Kier alpha value is -0.600. The Morgan fingerprint density at radius 1 is 1.50 bits per heavy atom. The third kappa shape index (κ3) is 2.74. The lowest BCUT2D eigenvalue weighted by Crippen LogP contribution is -2.27. The van der Waals surface area contributed by atoms with Crippen LogP contribution < -0.4 is 5.32 Å². The first-order chi connectivity index (χ1) is 7.72. The monoisotopic (exact) mass is 241 g/mol. The summed E-state index contributed by atoms with van der Waals surface area (Å²) >= 11 is 5.92. The number of hydrogen-bond donors (Lipinski definition) is 1. The van der Waals surface area contributed by atoms with Crippen molar-refractivity contribution in [3.63, 3.8) is 0 Å². The van der Waals surface area contributed by atoms with Crippen LogP contribution in [-0.4, -0.2) is 13.1 Å². The van der Waals surface area contributed by atoms with Gasteiger partial charge in [0.25, 0.3) is 0 Å². The van der Waals surface area contributed by atoms with Crippen molar-refractivity contribution in [3.8, 4) is 0 Å².